The molecule has 2 unspecified atom stereocenters. The monoisotopic (exact) mass is 295 g/mol. The number of benzene rings is 1. The topological polar surface area (TPSA) is 77.2 Å². The van der Waals surface area contributed by atoms with E-state index in [4.69, 9.17) is 5.73 Å². The molecule has 20 heavy (non-hydrogen) atoms. The summed E-state index contributed by atoms with van der Waals surface area (Å²) in [6.45, 7) is 1.83. The van der Waals surface area contributed by atoms with Crippen molar-refractivity contribution >= 4 is 21.3 Å². The normalized spacial score (nSPS) is 23.5. The van der Waals surface area contributed by atoms with Crippen LogP contribution in [0.25, 0.3) is 0 Å². The van der Waals surface area contributed by atoms with Crippen LogP contribution in [0.2, 0.25) is 0 Å². The Hall–Kier alpha value is -1.36. The van der Waals surface area contributed by atoms with Crippen molar-refractivity contribution in [3.8, 4) is 0 Å². The molecule has 0 aromatic heterocycles. The number of nitrogen functional groups attached to an aromatic ring is 1. The van der Waals surface area contributed by atoms with Gasteiger partial charge in [-0.05, 0) is 37.8 Å². The number of carbonyl (C=O) groups excluding carboxylic acids is 1. The number of carbonyl (C=O) groups is 1. The average molecular weight is 295 g/mol. The highest BCUT2D eigenvalue weighted by molar-refractivity contribution is 7.91. The third-order valence-corrected chi connectivity index (χ3v) is 5.88. The smallest absolute Gasteiger partial charge is 0.166 e. The zero-order chi connectivity index (χ0) is 14.9. The molecule has 0 heterocycles. The number of Topliss-reactive ketones (excluding diaryl/α,β-unsaturated/α-hetero) is 1. The molecule has 110 valence electrons. The highest BCUT2D eigenvalue weighted by Gasteiger charge is 2.33. The molecule has 0 aliphatic heterocycles. The Balaban J connectivity index is 2.23. The van der Waals surface area contributed by atoms with Gasteiger partial charge in [-0.1, -0.05) is 18.6 Å². The van der Waals surface area contributed by atoms with Crippen LogP contribution in [0.5, 0.6) is 0 Å². The minimum atomic E-state index is -3.07. The van der Waals surface area contributed by atoms with E-state index < -0.39 is 9.84 Å². The number of hydrogen-bond acceptors (Lipinski definition) is 4. The quantitative estimate of drug-likeness (QED) is 0.686. The van der Waals surface area contributed by atoms with Gasteiger partial charge < -0.3 is 5.73 Å². The third-order valence-electron chi connectivity index (χ3n) is 4.24. The van der Waals surface area contributed by atoms with Crippen molar-refractivity contribution in [3.05, 3.63) is 29.3 Å². The van der Waals surface area contributed by atoms with Gasteiger partial charge in [-0.3, -0.25) is 4.79 Å². The predicted octanol–water partition coefficient (Wildman–Crippen LogP) is 2.36. The maximum absolute atomic E-state index is 12.6. The first kappa shape index (κ1) is 15.0. The highest BCUT2D eigenvalue weighted by Crippen LogP contribution is 2.32. The molecule has 2 rings (SSSR count). The molecular weight excluding hydrogens is 274 g/mol. The second-order valence-electron chi connectivity index (χ2n) is 5.70. The summed E-state index contributed by atoms with van der Waals surface area (Å²) in [4.78, 5) is 12.6. The maximum atomic E-state index is 12.6. The zero-order valence-electron chi connectivity index (χ0n) is 11.9. The maximum Gasteiger partial charge on any atom is 0.166 e. The third kappa shape index (κ3) is 3.03. The van der Waals surface area contributed by atoms with E-state index in [9.17, 15) is 13.2 Å². The van der Waals surface area contributed by atoms with Crippen molar-refractivity contribution in [2.24, 2.45) is 5.92 Å². The van der Waals surface area contributed by atoms with Crippen LogP contribution in [-0.2, 0) is 9.84 Å². The summed E-state index contributed by atoms with van der Waals surface area (Å²) in [6.07, 6.45) is 3.91. The van der Waals surface area contributed by atoms with E-state index in [0.29, 0.717) is 24.1 Å². The molecule has 0 radical (unpaired) electrons. The molecule has 0 amide bonds. The fraction of sp³-hybridized carbons (Fsp3) is 0.533. The summed E-state index contributed by atoms with van der Waals surface area (Å²) in [6, 6.07) is 5.32. The van der Waals surface area contributed by atoms with Crippen LogP contribution in [0.1, 0.15) is 41.6 Å². The van der Waals surface area contributed by atoms with Crippen molar-refractivity contribution in [2.45, 2.75) is 37.9 Å². The fourth-order valence-corrected chi connectivity index (χ4v) is 4.09. The molecule has 0 bridgehead atoms. The minimum Gasteiger partial charge on any atom is -0.398 e. The number of nitrogens with two attached hydrogens (primary N) is 1. The van der Waals surface area contributed by atoms with E-state index >= 15 is 0 Å². The van der Waals surface area contributed by atoms with Crippen LogP contribution in [-0.4, -0.2) is 25.7 Å². The van der Waals surface area contributed by atoms with Gasteiger partial charge in [0, 0.05) is 23.4 Å². The van der Waals surface area contributed by atoms with E-state index in [-0.39, 0.29) is 17.0 Å². The van der Waals surface area contributed by atoms with Crippen LogP contribution >= 0.6 is 0 Å². The van der Waals surface area contributed by atoms with Crippen LogP contribution in [0, 0.1) is 12.8 Å². The van der Waals surface area contributed by atoms with Crippen molar-refractivity contribution in [3.63, 3.8) is 0 Å². The first-order chi connectivity index (χ1) is 9.30. The Kier molecular flexibility index (Phi) is 4.18. The molecule has 2 N–H and O–H groups in total. The number of hydrogen-bond donors (Lipinski definition) is 1. The van der Waals surface area contributed by atoms with Gasteiger partial charge in [-0.15, -0.1) is 0 Å². The number of rotatable bonds is 3. The molecule has 1 saturated carbocycles. The van der Waals surface area contributed by atoms with Crippen molar-refractivity contribution in [1.82, 2.24) is 0 Å². The Bertz CT molecular complexity index is 622. The summed E-state index contributed by atoms with van der Waals surface area (Å²) in [5.74, 6) is -0.174. The standard InChI is InChI=1S/C15H21NO3S/c1-10-13(7-4-8-14(10)16)15(17)11-5-3-6-12(9-11)20(2,18)19/h4,7-8,11-12H,3,5-6,9,16H2,1-2H3. The van der Waals surface area contributed by atoms with Gasteiger partial charge in [-0.2, -0.15) is 0 Å². The van der Waals surface area contributed by atoms with Gasteiger partial charge in [0.1, 0.15) is 9.84 Å². The summed E-state index contributed by atoms with van der Waals surface area (Å²) in [5, 5.41) is -0.383. The number of anilines is 1. The number of sulfone groups is 1. The van der Waals surface area contributed by atoms with Crippen LogP contribution in [0.4, 0.5) is 5.69 Å². The van der Waals surface area contributed by atoms with Crippen molar-refractivity contribution < 1.29 is 13.2 Å². The zero-order valence-corrected chi connectivity index (χ0v) is 12.7. The van der Waals surface area contributed by atoms with E-state index in [1.54, 1.807) is 18.2 Å². The summed E-state index contributed by atoms with van der Waals surface area (Å²) >= 11 is 0. The van der Waals surface area contributed by atoms with Gasteiger partial charge in [0.05, 0.1) is 5.25 Å². The molecule has 2 atom stereocenters. The van der Waals surface area contributed by atoms with Crippen LogP contribution in [0.15, 0.2) is 18.2 Å². The van der Waals surface area contributed by atoms with Crippen LogP contribution < -0.4 is 5.73 Å². The average Bonchev–Trinajstić information content (AvgIpc) is 2.40. The molecule has 5 heteroatoms. The highest BCUT2D eigenvalue weighted by atomic mass is 32.2. The first-order valence-electron chi connectivity index (χ1n) is 6.89. The van der Waals surface area contributed by atoms with Gasteiger partial charge in [-0.25, -0.2) is 8.42 Å². The largest absolute Gasteiger partial charge is 0.398 e. The van der Waals surface area contributed by atoms with Gasteiger partial charge in [0.2, 0.25) is 0 Å². The summed E-state index contributed by atoms with van der Waals surface area (Å²) in [7, 11) is -3.07. The number of ketones is 1. The molecular formula is C15H21NO3S. The Labute approximate surface area is 120 Å². The molecule has 1 aromatic carbocycles. The second kappa shape index (κ2) is 5.56. The van der Waals surface area contributed by atoms with Gasteiger partial charge in [0.25, 0.3) is 0 Å². The Morgan fingerprint density at radius 2 is 2.00 bits per heavy atom. The summed E-state index contributed by atoms with van der Waals surface area (Å²) in [5.41, 5.74) is 7.86. The second-order valence-corrected chi connectivity index (χ2v) is 8.02. The lowest BCUT2D eigenvalue weighted by Crippen LogP contribution is -2.31. The van der Waals surface area contributed by atoms with E-state index in [0.717, 1.165) is 18.4 Å². The summed E-state index contributed by atoms with van der Waals surface area (Å²) < 4.78 is 23.4. The molecule has 0 spiro atoms. The first-order valence-corrected chi connectivity index (χ1v) is 8.84. The lowest BCUT2D eigenvalue weighted by molar-refractivity contribution is 0.0890. The fourth-order valence-electron chi connectivity index (χ4n) is 2.91. The predicted molar refractivity (Wildman–Crippen MR) is 80.5 cm³/mol. The Morgan fingerprint density at radius 3 is 2.65 bits per heavy atom. The molecule has 0 saturated heterocycles. The molecule has 1 aromatic rings. The van der Waals surface area contributed by atoms with Crippen molar-refractivity contribution in [2.75, 3.05) is 12.0 Å². The lowest BCUT2D eigenvalue weighted by Gasteiger charge is -2.27. The van der Waals surface area contributed by atoms with E-state index in [1.807, 2.05) is 6.92 Å². The van der Waals surface area contributed by atoms with Crippen molar-refractivity contribution in [1.29, 1.82) is 0 Å². The van der Waals surface area contributed by atoms with Crippen LogP contribution in [0.3, 0.4) is 0 Å². The van der Waals surface area contributed by atoms with Gasteiger partial charge in [0.15, 0.2) is 5.78 Å². The lowest BCUT2D eigenvalue weighted by atomic mass is 9.82. The molecule has 4 nitrogen and oxygen atoms in total. The Morgan fingerprint density at radius 1 is 1.30 bits per heavy atom. The SMILES string of the molecule is Cc1c(N)cccc1C(=O)C1CCCC(S(C)(=O)=O)C1. The van der Waals surface area contributed by atoms with Gasteiger partial charge >= 0.3 is 0 Å². The molecule has 1 aliphatic carbocycles. The molecule has 1 aliphatic rings. The van der Waals surface area contributed by atoms with E-state index in [2.05, 4.69) is 0 Å². The molecule has 1 fully saturated rings. The minimum absolute atomic E-state index is 0.0307. The van der Waals surface area contributed by atoms with E-state index in [1.165, 1.54) is 6.26 Å².